The molecule has 0 radical (unpaired) electrons. The van der Waals surface area contributed by atoms with E-state index in [-0.39, 0.29) is 6.61 Å². The molecule has 0 heterocycles. The van der Waals surface area contributed by atoms with Crippen molar-refractivity contribution in [1.29, 1.82) is 5.26 Å². The third kappa shape index (κ3) is 3.29. The van der Waals surface area contributed by atoms with Gasteiger partial charge in [0.1, 0.15) is 17.2 Å². The summed E-state index contributed by atoms with van der Waals surface area (Å²) in [6, 6.07) is 12.3. The molecule has 2 rings (SSSR count). The third-order valence-electron chi connectivity index (χ3n) is 2.67. The molecule has 0 atom stereocenters. The van der Waals surface area contributed by atoms with E-state index in [2.05, 4.69) is 15.9 Å². The van der Waals surface area contributed by atoms with Crippen LogP contribution in [0.25, 0.3) is 0 Å². The van der Waals surface area contributed by atoms with Crippen molar-refractivity contribution < 1.29 is 14.6 Å². The second kappa shape index (κ2) is 6.42. The lowest BCUT2D eigenvalue weighted by molar-refractivity contribution is 0.276. The molecule has 1 N–H and O–H groups in total. The van der Waals surface area contributed by atoms with Gasteiger partial charge in [0.05, 0.1) is 25.3 Å². The third-order valence-corrected chi connectivity index (χ3v) is 3.16. The summed E-state index contributed by atoms with van der Waals surface area (Å²) in [4.78, 5) is 0. The SMILES string of the molecule is COc1cc(C#N)cc(Oc2ccc(Br)cc2CO)c1. The van der Waals surface area contributed by atoms with Gasteiger partial charge in [0.2, 0.25) is 0 Å². The van der Waals surface area contributed by atoms with Crippen LogP contribution in [0, 0.1) is 11.3 Å². The summed E-state index contributed by atoms with van der Waals surface area (Å²) in [6.45, 7) is -0.135. The number of benzene rings is 2. The fraction of sp³-hybridized carbons (Fsp3) is 0.133. The molecular formula is C15H12BrNO3. The van der Waals surface area contributed by atoms with Crippen LogP contribution in [0.2, 0.25) is 0 Å². The van der Waals surface area contributed by atoms with Gasteiger partial charge < -0.3 is 14.6 Å². The minimum atomic E-state index is -0.135. The largest absolute Gasteiger partial charge is 0.497 e. The lowest BCUT2D eigenvalue weighted by Crippen LogP contribution is -1.93. The van der Waals surface area contributed by atoms with Crippen molar-refractivity contribution in [1.82, 2.24) is 0 Å². The predicted octanol–water partition coefficient (Wildman–Crippen LogP) is 3.61. The fourth-order valence-electron chi connectivity index (χ4n) is 1.71. The molecule has 0 saturated heterocycles. The lowest BCUT2D eigenvalue weighted by atomic mass is 10.2. The molecule has 4 nitrogen and oxygen atoms in total. The average molecular weight is 334 g/mol. The van der Waals surface area contributed by atoms with E-state index in [0.29, 0.717) is 28.4 Å². The van der Waals surface area contributed by atoms with E-state index < -0.39 is 0 Å². The smallest absolute Gasteiger partial charge is 0.133 e. The van der Waals surface area contributed by atoms with E-state index in [9.17, 15) is 5.11 Å². The molecule has 0 aromatic heterocycles. The highest BCUT2D eigenvalue weighted by atomic mass is 79.9. The quantitative estimate of drug-likeness (QED) is 0.928. The Hall–Kier alpha value is -2.03. The summed E-state index contributed by atoms with van der Waals surface area (Å²) in [6.07, 6.45) is 0. The van der Waals surface area contributed by atoms with Crippen LogP contribution < -0.4 is 9.47 Å². The van der Waals surface area contributed by atoms with Gasteiger partial charge >= 0.3 is 0 Å². The molecule has 0 fully saturated rings. The topological polar surface area (TPSA) is 62.5 Å². The number of aliphatic hydroxyl groups excluding tert-OH is 1. The van der Waals surface area contributed by atoms with Gasteiger partial charge in [0, 0.05) is 16.1 Å². The average Bonchev–Trinajstić information content (AvgIpc) is 2.48. The Morgan fingerprint density at radius 2 is 1.95 bits per heavy atom. The lowest BCUT2D eigenvalue weighted by Gasteiger charge is -2.11. The zero-order valence-corrected chi connectivity index (χ0v) is 12.3. The van der Waals surface area contributed by atoms with E-state index in [1.54, 1.807) is 30.3 Å². The summed E-state index contributed by atoms with van der Waals surface area (Å²) in [5.41, 5.74) is 1.10. The van der Waals surface area contributed by atoms with Crippen LogP contribution in [-0.2, 0) is 6.61 Å². The van der Waals surface area contributed by atoms with Gasteiger partial charge in [0.25, 0.3) is 0 Å². The number of rotatable bonds is 4. The zero-order chi connectivity index (χ0) is 14.5. The number of nitriles is 1. The summed E-state index contributed by atoms with van der Waals surface area (Å²) in [7, 11) is 1.53. The van der Waals surface area contributed by atoms with E-state index >= 15 is 0 Å². The molecule has 0 amide bonds. The van der Waals surface area contributed by atoms with Crippen molar-refractivity contribution in [3.8, 4) is 23.3 Å². The Balaban J connectivity index is 2.37. The van der Waals surface area contributed by atoms with Gasteiger partial charge in [-0.2, -0.15) is 5.26 Å². The highest BCUT2D eigenvalue weighted by molar-refractivity contribution is 9.10. The van der Waals surface area contributed by atoms with Crippen molar-refractivity contribution >= 4 is 15.9 Å². The van der Waals surface area contributed by atoms with Crippen LogP contribution in [0.15, 0.2) is 40.9 Å². The first-order chi connectivity index (χ1) is 9.66. The van der Waals surface area contributed by atoms with Crippen LogP contribution >= 0.6 is 15.9 Å². The van der Waals surface area contributed by atoms with E-state index in [4.69, 9.17) is 14.7 Å². The van der Waals surface area contributed by atoms with E-state index in [0.717, 1.165) is 4.47 Å². The first-order valence-corrected chi connectivity index (χ1v) is 6.62. The standard InChI is InChI=1S/C15H12BrNO3/c1-19-13-4-10(8-17)5-14(7-13)20-15-3-2-12(16)6-11(15)9-18/h2-7,18H,9H2,1H3. The minimum absolute atomic E-state index is 0.135. The van der Waals surface area contributed by atoms with Gasteiger partial charge in [-0.1, -0.05) is 15.9 Å². The molecule has 102 valence electrons. The molecular weight excluding hydrogens is 322 g/mol. The highest BCUT2D eigenvalue weighted by Crippen LogP contribution is 2.31. The van der Waals surface area contributed by atoms with Crippen molar-refractivity contribution in [2.75, 3.05) is 7.11 Å². The normalized spacial score (nSPS) is 9.90. The molecule has 20 heavy (non-hydrogen) atoms. The maximum absolute atomic E-state index is 9.34. The fourth-order valence-corrected chi connectivity index (χ4v) is 2.12. The van der Waals surface area contributed by atoms with Gasteiger partial charge in [-0.25, -0.2) is 0 Å². The Bertz CT molecular complexity index is 665. The molecule has 0 aliphatic carbocycles. The molecule has 0 saturated carbocycles. The number of hydrogen-bond acceptors (Lipinski definition) is 4. The minimum Gasteiger partial charge on any atom is -0.497 e. The molecule has 5 heteroatoms. The van der Waals surface area contributed by atoms with Crippen molar-refractivity contribution in [2.45, 2.75) is 6.61 Å². The second-order valence-corrected chi connectivity index (χ2v) is 4.94. The number of ether oxygens (including phenoxy) is 2. The predicted molar refractivity (Wildman–Crippen MR) is 77.8 cm³/mol. The molecule has 2 aromatic carbocycles. The summed E-state index contributed by atoms with van der Waals surface area (Å²) >= 11 is 3.34. The van der Waals surface area contributed by atoms with E-state index in [1.807, 2.05) is 12.1 Å². The first kappa shape index (κ1) is 14.4. The second-order valence-electron chi connectivity index (χ2n) is 4.02. The number of methoxy groups -OCH3 is 1. The Kier molecular flexibility index (Phi) is 4.61. The molecule has 0 spiro atoms. The number of hydrogen-bond donors (Lipinski definition) is 1. The maximum Gasteiger partial charge on any atom is 0.133 e. The number of halogens is 1. The summed E-state index contributed by atoms with van der Waals surface area (Å²) in [5, 5.41) is 18.3. The Morgan fingerprint density at radius 3 is 2.60 bits per heavy atom. The summed E-state index contributed by atoms with van der Waals surface area (Å²) in [5.74, 6) is 1.56. The summed E-state index contributed by atoms with van der Waals surface area (Å²) < 4.78 is 11.7. The van der Waals surface area contributed by atoms with Crippen molar-refractivity contribution in [3.63, 3.8) is 0 Å². The van der Waals surface area contributed by atoms with Crippen LogP contribution in [0.5, 0.6) is 17.2 Å². The molecule has 0 aliphatic heterocycles. The van der Waals surface area contributed by atoms with Crippen LogP contribution in [0.3, 0.4) is 0 Å². The van der Waals surface area contributed by atoms with Gasteiger partial charge in [-0.3, -0.25) is 0 Å². The monoisotopic (exact) mass is 333 g/mol. The number of nitrogens with zero attached hydrogens (tertiary/aromatic N) is 1. The van der Waals surface area contributed by atoms with Gasteiger partial charge in [-0.15, -0.1) is 0 Å². The Labute approximate surface area is 125 Å². The van der Waals surface area contributed by atoms with Crippen LogP contribution in [0.1, 0.15) is 11.1 Å². The molecule has 0 bridgehead atoms. The number of aliphatic hydroxyl groups is 1. The highest BCUT2D eigenvalue weighted by Gasteiger charge is 2.07. The first-order valence-electron chi connectivity index (χ1n) is 5.82. The molecule has 0 unspecified atom stereocenters. The van der Waals surface area contributed by atoms with Gasteiger partial charge in [0.15, 0.2) is 0 Å². The molecule has 0 aliphatic rings. The van der Waals surface area contributed by atoms with Crippen LogP contribution in [-0.4, -0.2) is 12.2 Å². The van der Waals surface area contributed by atoms with Crippen LogP contribution in [0.4, 0.5) is 0 Å². The zero-order valence-electron chi connectivity index (χ0n) is 10.8. The molecule has 2 aromatic rings. The maximum atomic E-state index is 9.34. The Morgan fingerprint density at radius 1 is 1.20 bits per heavy atom. The van der Waals surface area contributed by atoms with Crippen molar-refractivity contribution in [3.05, 3.63) is 52.0 Å². The van der Waals surface area contributed by atoms with Gasteiger partial charge in [-0.05, 0) is 30.3 Å². The van der Waals surface area contributed by atoms with E-state index in [1.165, 1.54) is 7.11 Å². The van der Waals surface area contributed by atoms with Crippen molar-refractivity contribution in [2.24, 2.45) is 0 Å².